The molecule has 0 saturated carbocycles. The van der Waals surface area contributed by atoms with E-state index in [2.05, 4.69) is 15.4 Å². The lowest BCUT2D eigenvalue weighted by molar-refractivity contribution is -0.191. The molecule has 0 aliphatic heterocycles. The largest absolute Gasteiger partial charge is 0.416 e. The third-order valence-corrected chi connectivity index (χ3v) is 3.93. The number of alkyl halides is 3. The second-order valence-corrected chi connectivity index (χ2v) is 5.69. The Morgan fingerprint density at radius 1 is 0.920 bits per heavy atom. The first kappa shape index (κ1) is 18.4. The molecule has 0 saturated heterocycles. The number of rotatable bonds is 3. The number of nitrogens with one attached hydrogen (secondary N) is 1. The Bertz CT molecular complexity index is 827. The van der Waals surface area contributed by atoms with Gasteiger partial charge in [0.15, 0.2) is 0 Å². The van der Waals surface area contributed by atoms with E-state index in [1.54, 1.807) is 6.20 Å². The van der Waals surface area contributed by atoms with Crippen molar-refractivity contribution in [2.75, 3.05) is 0 Å². The zero-order valence-corrected chi connectivity index (χ0v) is 13.3. The number of hydrogen-bond donors (Lipinski definition) is 1. The summed E-state index contributed by atoms with van der Waals surface area (Å²) in [5.41, 5.74) is 0.957. The highest BCUT2D eigenvalue weighted by Crippen LogP contribution is 2.32. The Hall–Kier alpha value is -2.90. The van der Waals surface area contributed by atoms with E-state index in [0.717, 1.165) is 33.2 Å². The molecule has 9 heteroatoms. The molecule has 0 spiro atoms. The van der Waals surface area contributed by atoms with Crippen molar-refractivity contribution >= 4 is 17.9 Å². The second kappa shape index (κ2) is 8.27. The Kier molecular flexibility index (Phi) is 6.10. The quantitative estimate of drug-likeness (QED) is 0.758. The summed E-state index contributed by atoms with van der Waals surface area (Å²) in [5.74, 6) is 0. The van der Waals surface area contributed by atoms with Crippen LogP contribution in [0.5, 0.6) is 0 Å². The fraction of sp³-hybridized carbons (Fsp3) is 0.0625. The summed E-state index contributed by atoms with van der Waals surface area (Å²) < 4.78 is 37.6. The monoisotopic (exact) mass is 365 g/mol. The van der Waals surface area contributed by atoms with Gasteiger partial charge in [-0.15, -0.1) is 5.10 Å². The molecule has 0 amide bonds. The van der Waals surface area contributed by atoms with Crippen LogP contribution in [0.15, 0.2) is 64.6 Å². The number of halogens is 3. The number of aromatic amines is 1. The lowest BCUT2D eigenvalue weighted by Gasteiger charge is -2.08. The topological polar surface area (TPSA) is 75.7 Å². The summed E-state index contributed by atoms with van der Waals surface area (Å²) in [6.07, 6.45) is -2.44. The minimum absolute atomic E-state index is 0.250. The fourth-order valence-electron chi connectivity index (χ4n) is 1.93. The van der Waals surface area contributed by atoms with Crippen LogP contribution in [0.1, 0.15) is 5.56 Å². The van der Waals surface area contributed by atoms with Crippen LogP contribution in [0.4, 0.5) is 13.2 Å². The molecule has 1 heterocycles. The van der Waals surface area contributed by atoms with Crippen molar-refractivity contribution in [1.82, 2.24) is 15.4 Å². The average Bonchev–Trinajstić information content (AvgIpc) is 3.09. The van der Waals surface area contributed by atoms with E-state index in [-0.39, 0.29) is 6.15 Å². The van der Waals surface area contributed by atoms with Crippen molar-refractivity contribution in [2.24, 2.45) is 0 Å². The molecule has 0 aliphatic rings. The van der Waals surface area contributed by atoms with Crippen LogP contribution in [0, 0.1) is 0 Å². The van der Waals surface area contributed by atoms with E-state index in [1.807, 2.05) is 24.3 Å². The molecular weight excluding hydrogens is 355 g/mol. The van der Waals surface area contributed by atoms with Gasteiger partial charge in [0.25, 0.3) is 0 Å². The van der Waals surface area contributed by atoms with Crippen molar-refractivity contribution in [3.8, 4) is 11.1 Å². The first-order valence-corrected chi connectivity index (χ1v) is 7.56. The smallest absolute Gasteiger partial charge is 0.197 e. The molecule has 0 atom stereocenters. The average molecular weight is 365 g/mol. The SMILES string of the molecule is FC(F)(F)c1ccc(-c2ccc(Sc3cn[nH]n3)cc2)cc1.O=C=O. The van der Waals surface area contributed by atoms with Gasteiger partial charge in [-0.25, -0.2) is 0 Å². The molecule has 0 radical (unpaired) electrons. The number of benzene rings is 2. The molecule has 128 valence electrons. The maximum absolute atomic E-state index is 12.5. The highest BCUT2D eigenvalue weighted by molar-refractivity contribution is 7.99. The van der Waals surface area contributed by atoms with Crippen LogP contribution in [0.3, 0.4) is 0 Å². The third-order valence-electron chi connectivity index (χ3n) is 3.02. The standard InChI is InChI=1S/C15H10F3N3S.CO2/c16-15(17,18)12-5-1-10(2-6-12)11-3-7-13(8-4-11)22-14-9-19-21-20-14;2-1-3/h1-9H,(H,19,20,21);. The molecule has 2 aromatic carbocycles. The first-order valence-electron chi connectivity index (χ1n) is 6.74. The minimum Gasteiger partial charge on any atom is -0.197 e. The van der Waals surface area contributed by atoms with Crippen molar-refractivity contribution in [1.29, 1.82) is 0 Å². The highest BCUT2D eigenvalue weighted by Gasteiger charge is 2.29. The van der Waals surface area contributed by atoms with E-state index in [1.165, 1.54) is 23.9 Å². The molecule has 25 heavy (non-hydrogen) atoms. The third kappa shape index (κ3) is 5.30. The zero-order valence-electron chi connectivity index (χ0n) is 12.4. The molecule has 1 N–H and O–H groups in total. The van der Waals surface area contributed by atoms with Crippen molar-refractivity contribution in [2.45, 2.75) is 16.1 Å². The molecule has 3 rings (SSSR count). The molecule has 1 aromatic heterocycles. The number of nitrogens with zero attached hydrogens (tertiary/aromatic N) is 2. The van der Waals surface area contributed by atoms with E-state index in [0.29, 0.717) is 0 Å². The Morgan fingerprint density at radius 2 is 1.44 bits per heavy atom. The zero-order chi connectivity index (χ0) is 18.3. The maximum Gasteiger partial charge on any atom is 0.416 e. The summed E-state index contributed by atoms with van der Waals surface area (Å²) in [6.45, 7) is 0. The van der Waals surface area contributed by atoms with Crippen LogP contribution in [0.25, 0.3) is 11.1 Å². The van der Waals surface area contributed by atoms with Crippen LogP contribution >= 0.6 is 11.8 Å². The van der Waals surface area contributed by atoms with E-state index in [9.17, 15) is 13.2 Å². The van der Waals surface area contributed by atoms with Gasteiger partial charge in [-0.1, -0.05) is 36.0 Å². The Morgan fingerprint density at radius 3 is 1.88 bits per heavy atom. The van der Waals surface area contributed by atoms with Gasteiger partial charge in [0.1, 0.15) is 5.03 Å². The van der Waals surface area contributed by atoms with Crippen molar-refractivity contribution < 1.29 is 22.8 Å². The normalized spacial score (nSPS) is 10.5. The lowest BCUT2D eigenvalue weighted by Crippen LogP contribution is -2.03. The Balaban J connectivity index is 0.000000701. The van der Waals surface area contributed by atoms with Gasteiger partial charge in [-0.2, -0.15) is 33.1 Å². The molecule has 0 bridgehead atoms. The van der Waals surface area contributed by atoms with Gasteiger partial charge in [-0.3, -0.25) is 0 Å². The minimum atomic E-state index is -4.31. The van der Waals surface area contributed by atoms with Crippen LogP contribution in [-0.4, -0.2) is 21.6 Å². The van der Waals surface area contributed by atoms with Crippen LogP contribution in [0.2, 0.25) is 0 Å². The molecular formula is C16H10F3N3O2S. The van der Waals surface area contributed by atoms with Gasteiger partial charge in [-0.05, 0) is 35.4 Å². The summed E-state index contributed by atoms with van der Waals surface area (Å²) in [4.78, 5) is 17.2. The molecule has 5 nitrogen and oxygen atoms in total. The van der Waals surface area contributed by atoms with Gasteiger partial charge in [0, 0.05) is 4.90 Å². The second-order valence-electron chi connectivity index (χ2n) is 4.59. The summed E-state index contributed by atoms with van der Waals surface area (Å²) >= 11 is 1.45. The molecule has 0 fully saturated rings. The van der Waals surface area contributed by atoms with Gasteiger partial charge in [0.2, 0.25) is 0 Å². The molecule has 0 unspecified atom stereocenters. The Labute approximate surface area is 144 Å². The number of H-pyrrole nitrogens is 1. The molecule has 3 aromatic rings. The van der Waals surface area contributed by atoms with Gasteiger partial charge < -0.3 is 0 Å². The molecule has 0 aliphatic carbocycles. The maximum atomic E-state index is 12.5. The lowest BCUT2D eigenvalue weighted by atomic mass is 10.0. The van der Waals surface area contributed by atoms with Gasteiger partial charge >= 0.3 is 12.3 Å². The number of hydrogen-bond acceptors (Lipinski definition) is 5. The van der Waals surface area contributed by atoms with E-state index in [4.69, 9.17) is 9.59 Å². The predicted octanol–water partition coefficient (Wildman–Crippen LogP) is 4.06. The van der Waals surface area contributed by atoms with E-state index >= 15 is 0 Å². The predicted molar refractivity (Wildman–Crippen MR) is 82.4 cm³/mol. The fourth-order valence-corrected chi connectivity index (χ4v) is 2.63. The number of carbonyl (C=O) groups excluding carboxylic acids is 2. The highest BCUT2D eigenvalue weighted by atomic mass is 32.2. The van der Waals surface area contributed by atoms with Crippen LogP contribution in [-0.2, 0) is 15.8 Å². The summed E-state index contributed by atoms with van der Waals surface area (Å²) in [7, 11) is 0. The van der Waals surface area contributed by atoms with E-state index < -0.39 is 11.7 Å². The van der Waals surface area contributed by atoms with Crippen LogP contribution < -0.4 is 0 Å². The summed E-state index contributed by atoms with van der Waals surface area (Å²) in [6, 6.07) is 12.7. The van der Waals surface area contributed by atoms with Crippen molar-refractivity contribution in [3.63, 3.8) is 0 Å². The first-order chi connectivity index (χ1) is 11.9. The number of aromatic nitrogens is 3. The van der Waals surface area contributed by atoms with Crippen molar-refractivity contribution in [3.05, 3.63) is 60.3 Å². The summed E-state index contributed by atoms with van der Waals surface area (Å²) in [5, 5.41) is 11.0. The van der Waals surface area contributed by atoms with Gasteiger partial charge in [0.05, 0.1) is 11.8 Å².